The fourth-order valence-electron chi connectivity index (χ4n) is 2.11. The van der Waals surface area contributed by atoms with E-state index < -0.39 is 12.8 Å². The van der Waals surface area contributed by atoms with Crippen molar-refractivity contribution in [1.82, 2.24) is 10.3 Å². The fourth-order valence-corrected chi connectivity index (χ4v) is 2.11. The lowest BCUT2D eigenvalue weighted by atomic mass is 10.1. The normalized spacial score (nSPS) is 11.3. The van der Waals surface area contributed by atoms with Crippen molar-refractivity contribution < 1.29 is 22.7 Å². The summed E-state index contributed by atoms with van der Waals surface area (Å²) >= 11 is 0. The Balaban J connectivity index is 0.000000749. The Hall–Kier alpha value is -2.61. The van der Waals surface area contributed by atoms with E-state index in [0.717, 1.165) is 11.3 Å². The standard InChI is InChI=1S/C17H17F3N2O2.C4H11N/c1-11-7-13(3-4-15(11)24-10-17(18,19)20)9-22-16(23)14-5-6-21-12(2)8-14;1-4(2,3)5/h3-8H,9-10H2,1-2H3,(H,22,23);5H2,1-3H3. The van der Waals surface area contributed by atoms with Crippen LogP contribution in [0.15, 0.2) is 36.5 Å². The van der Waals surface area contributed by atoms with Crippen molar-refractivity contribution >= 4 is 5.91 Å². The number of alkyl halides is 3. The molecule has 3 N–H and O–H groups in total. The highest BCUT2D eigenvalue weighted by atomic mass is 19.4. The highest BCUT2D eigenvalue weighted by Gasteiger charge is 2.28. The van der Waals surface area contributed by atoms with Crippen molar-refractivity contribution in [2.24, 2.45) is 5.73 Å². The summed E-state index contributed by atoms with van der Waals surface area (Å²) in [6.45, 7) is 8.28. The summed E-state index contributed by atoms with van der Waals surface area (Å²) in [5, 5.41) is 2.76. The number of pyridine rings is 1. The molecule has 29 heavy (non-hydrogen) atoms. The number of hydrogen-bond donors (Lipinski definition) is 2. The predicted octanol–water partition coefficient (Wildman–Crippen LogP) is 4.31. The number of rotatable bonds is 5. The number of amides is 1. The zero-order valence-corrected chi connectivity index (χ0v) is 17.4. The van der Waals surface area contributed by atoms with Gasteiger partial charge in [0.15, 0.2) is 6.61 Å². The molecule has 2 rings (SSSR count). The first-order valence-corrected chi connectivity index (χ1v) is 9.03. The van der Waals surface area contributed by atoms with E-state index in [4.69, 9.17) is 10.5 Å². The monoisotopic (exact) mass is 411 g/mol. The highest BCUT2D eigenvalue weighted by Crippen LogP contribution is 2.22. The zero-order valence-electron chi connectivity index (χ0n) is 17.4. The van der Waals surface area contributed by atoms with Crippen LogP contribution in [0.5, 0.6) is 5.75 Å². The number of carbonyl (C=O) groups is 1. The third-order valence-corrected chi connectivity index (χ3v) is 3.24. The molecule has 5 nitrogen and oxygen atoms in total. The molecule has 8 heteroatoms. The fraction of sp³-hybridized carbons (Fsp3) is 0.429. The summed E-state index contributed by atoms with van der Waals surface area (Å²) in [5.41, 5.74) is 7.94. The molecule has 0 aliphatic carbocycles. The lowest BCUT2D eigenvalue weighted by Gasteiger charge is -2.13. The van der Waals surface area contributed by atoms with Gasteiger partial charge in [-0.25, -0.2) is 0 Å². The van der Waals surface area contributed by atoms with Gasteiger partial charge in [-0.3, -0.25) is 9.78 Å². The summed E-state index contributed by atoms with van der Waals surface area (Å²) in [4.78, 5) is 16.1. The number of benzene rings is 1. The van der Waals surface area contributed by atoms with Gasteiger partial charge in [-0.05, 0) is 63.9 Å². The third-order valence-electron chi connectivity index (χ3n) is 3.24. The van der Waals surface area contributed by atoms with E-state index in [9.17, 15) is 18.0 Å². The Morgan fingerprint density at radius 2 is 1.76 bits per heavy atom. The lowest BCUT2D eigenvalue weighted by molar-refractivity contribution is -0.153. The number of aromatic nitrogens is 1. The van der Waals surface area contributed by atoms with Crippen molar-refractivity contribution in [3.05, 3.63) is 58.9 Å². The van der Waals surface area contributed by atoms with Gasteiger partial charge in [0.2, 0.25) is 0 Å². The molecular formula is C21H28F3N3O2. The maximum absolute atomic E-state index is 12.2. The molecule has 1 aromatic carbocycles. The van der Waals surface area contributed by atoms with Gasteiger partial charge < -0.3 is 15.8 Å². The maximum atomic E-state index is 12.2. The minimum atomic E-state index is -4.37. The van der Waals surface area contributed by atoms with E-state index in [0.29, 0.717) is 11.1 Å². The number of carbonyl (C=O) groups excluding carboxylic acids is 1. The summed E-state index contributed by atoms with van der Waals surface area (Å²) in [5.74, 6) is -0.0669. The summed E-state index contributed by atoms with van der Waals surface area (Å²) < 4.78 is 41.3. The molecule has 1 aromatic heterocycles. The van der Waals surface area contributed by atoms with E-state index in [1.54, 1.807) is 44.3 Å². The first-order valence-electron chi connectivity index (χ1n) is 9.03. The van der Waals surface area contributed by atoms with Gasteiger partial charge in [-0.15, -0.1) is 0 Å². The molecule has 0 radical (unpaired) electrons. The van der Waals surface area contributed by atoms with Gasteiger partial charge in [0.05, 0.1) is 0 Å². The average Bonchev–Trinajstić information content (AvgIpc) is 2.56. The van der Waals surface area contributed by atoms with E-state index in [2.05, 4.69) is 10.3 Å². The van der Waals surface area contributed by atoms with Gasteiger partial charge in [0.25, 0.3) is 5.91 Å². The van der Waals surface area contributed by atoms with E-state index >= 15 is 0 Å². The Bertz CT molecular complexity index is 810. The van der Waals surface area contributed by atoms with E-state index in [1.165, 1.54) is 6.07 Å². The Morgan fingerprint density at radius 1 is 1.14 bits per heavy atom. The second kappa shape index (κ2) is 10.2. The minimum Gasteiger partial charge on any atom is -0.484 e. The topological polar surface area (TPSA) is 77.2 Å². The molecule has 0 saturated carbocycles. The number of nitrogens with one attached hydrogen (secondary N) is 1. The first-order chi connectivity index (χ1) is 13.2. The smallest absolute Gasteiger partial charge is 0.422 e. The third kappa shape index (κ3) is 11.1. The summed E-state index contributed by atoms with van der Waals surface area (Å²) in [6, 6.07) is 8.07. The molecule has 1 amide bonds. The number of hydrogen-bond acceptors (Lipinski definition) is 4. The molecule has 0 saturated heterocycles. The molecule has 2 aromatic rings. The van der Waals surface area contributed by atoms with Crippen LogP contribution in [0, 0.1) is 13.8 Å². The molecule has 0 bridgehead atoms. The number of aryl methyl sites for hydroxylation is 2. The molecule has 1 heterocycles. The number of nitrogens with zero attached hydrogens (tertiary/aromatic N) is 1. The van der Waals surface area contributed by atoms with Crippen molar-refractivity contribution in [2.75, 3.05) is 6.61 Å². The molecule has 0 aliphatic heterocycles. The number of ether oxygens (including phenoxy) is 1. The number of nitrogens with two attached hydrogens (primary N) is 1. The molecular weight excluding hydrogens is 383 g/mol. The zero-order chi connectivity index (χ0) is 22.2. The maximum Gasteiger partial charge on any atom is 0.422 e. The van der Waals surface area contributed by atoms with Crippen molar-refractivity contribution in [2.45, 2.75) is 52.9 Å². The van der Waals surface area contributed by atoms with Crippen LogP contribution in [0.25, 0.3) is 0 Å². The molecule has 0 atom stereocenters. The van der Waals surface area contributed by atoms with Crippen LogP contribution in [0.4, 0.5) is 13.2 Å². The molecule has 0 unspecified atom stereocenters. The first kappa shape index (κ1) is 24.4. The molecule has 0 fully saturated rings. The van der Waals surface area contributed by atoms with Crippen molar-refractivity contribution in [3.8, 4) is 5.75 Å². The van der Waals surface area contributed by atoms with Gasteiger partial charge in [-0.1, -0.05) is 12.1 Å². The Morgan fingerprint density at radius 3 is 2.28 bits per heavy atom. The van der Waals surface area contributed by atoms with Gasteiger partial charge in [0.1, 0.15) is 5.75 Å². The van der Waals surface area contributed by atoms with Gasteiger partial charge in [0, 0.05) is 29.5 Å². The van der Waals surface area contributed by atoms with Crippen LogP contribution in [0.1, 0.15) is 48.0 Å². The van der Waals surface area contributed by atoms with E-state index in [-0.39, 0.29) is 23.7 Å². The predicted molar refractivity (Wildman–Crippen MR) is 107 cm³/mol. The van der Waals surface area contributed by atoms with Crippen molar-refractivity contribution in [3.63, 3.8) is 0 Å². The average molecular weight is 411 g/mol. The van der Waals surface area contributed by atoms with Crippen molar-refractivity contribution in [1.29, 1.82) is 0 Å². The van der Waals surface area contributed by atoms with Gasteiger partial charge >= 0.3 is 6.18 Å². The van der Waals surface area contributed by atoms with Crippen LogP contribution in [0.2, 0.25) is 0 Å². The van der Waals surface area contributed by atoms with Crippen LogP contribution >= 0.6 is 0 Å². The summed E-state index contributed by atoms with van der Waals surface area (Å²) in [6.07, 6.45) is -2.82. The Kier molecular flexibility index (Phi) is 8.63. The van der Waals surface area contributed by atoms with E-state index in [1.807, 2.05) is 20.8 Å². The van der Waals surface area contributed by atoms with Crippen LogP contribution < -0.4 is 15.8 Å². The quantitative estimate of drug-likeness (QED) is 0.769. The molecule has 0 aliphatic rings. The SMILES string of the molecule is CC(C)(C)N.Cc1cc(C(=O)NCc2ccc(OCC(F)(F)F)c(C)c2)ccn1. The highest BCUT2D eigenvalue weighted by molar-refractivity contribution is 5.94. The van der Waals surface area contributed by atoms with Crippen LogP contribution in [0.3, 0.4) is 0 Å². The van der Waals surface area contributed by atoms with Crippen LogP contribution in [-0.4, -0.2) is 29.2 Å². The minimum absolute atomic E-state index is 0. The van der Waals surface area contributed by atoms with Crippen LogP contribution in [-0.2, 0) is 6.54 Å². The second-order valence-electron chi connectivity index (χ2n) is 7.74. The molecule has 0 spiro atoms. The van der Waals surface area contributed by atoms with Gasteiger partial charge in [-0.2, -0.15) is 13.2 Å². The Labute approximate surface area is 169 Å². The molecule has 160 valence electrons. The largest absolute Gasteiger partial charge is 0.484 e. The summed E-state index contributed by atoms with van der Waals surface area (Å²) in [7, 11) is 0. The lowest BCUT2D eigenvalue weighted by Crippen LogP contribution is -2.26. The number of halogens is 3. The second-order valence-corrected chi connectivity index (χ2v) is 7.74.